The van der Waals surface area contributed by atoms with Gasteiger partial charge in [0.05, 0.1) is 24.4 Å². The minimum Gasteiger partial charge on any atom is -0.462 e. The summed E-state index contributed by atoms with van der Waals surface area (Å²) in [4.78, 5) is 12.3. The Kier molecular flexibility index (Phi) is 5.35. The summed E-state index contributed by atoms with van der Waals surface area (Å²) in [5.74, 6) is 0.0965. The van der Waals surface area contributed by atoms with Gasteiger partial charge in [-0.05, 0) is 49.8 Å². The molecule has 0 amide bonds. The zero-order valence-electron chi connectivity index (χ0n) is 16.1. The van der Waals surface area contributed by atoms with Gasteiger partial charge in [0, 0.05) is 25.6 Å². The SMILES string of the molecule is CO[C@H]1O[C@@H]2C3=CCC[C@@H]2[C@@H](OC)CC[C@]31CCOC(=O)c1ccccc1. The third-order valence-electron chi connectivity index (χ3n) is 6.52. The quantitative estimate of drug-likeness (QED) is 0.562. The van der Waals surface area contributed by atoms with Crippen LogP contribution in [0, 0.1) is 11.3 Å². The van der Waals surface area contributed by atoms with E-state index in [2.05, 4.69) is 6.08 Å². The first-order valence-corrected chi connectivity index (χ1v) is 9.83. The first-order valence-electron chi connectivity index (χ1n) is 9.83. The van der Waals surface area contributed by atoms with Crippen LogP contribution >= 0.6 is 0 Å². The molecule has 0 spiro atoms. The monoisotopic (exact) mass is 372 g/mol. The zero-order valence-corrected chi connectivity index (χ0v) is 16.1. The van der Waals surface area contributed by atoms with E-state index in [0.717, 1.165) is 25.7 Å². The van der Waals surface area contributed by atoms with Crippen molar-refractivity contribution in [3.63, 3.8) is 0 Å². The molecule has 4 bridgehead atoms. The fraction of sp³-hybridized carbons (Fsp3) is 0.591. The lowest BCUT2D eigenvalue weighted by atomic mass is 9.72. The zero-order chi connectivity index (χ0) is 18.9. The van der Waals surface area contributed by atoms with E-state index in [4.69, 9.17) is 18.9 Å². The predicted octanol–water partition coefficient (Wildman–Crippen LogP) is 3.74. The fourth-order valence-electron chi connectivity index (χ4n) is 5.19. The standard InChI is InChI=1S/C22H28O5/c1-24-18-11-12-22(13-14-26-20(23)15-7-4-3-5-8-15)17-10-6-9-16(18)19(17)27-21(22)25-2/h3-5,7-8,10,16,18-19,21H,6,9,11-14H2,1-2H3/t16-,18+,19+,21+,22+/m1/s1. The largest absolute Gasteiger partial charge is 0.462 e. The minimum atomic E-state index is -0.289. The normalized spacial score (nSPS) is 34.7. The van der Waals surface area contributed by atoms with Gasteiger partial charge in [-0.3, -0.25) is 0 Å². The molecule has 5 nitrogen and oxygen atoms in total. The summed E-state index contributed by atoms with van der Waals surface area (Å²) in [5, 5.41) is 0. The van der Waals surface area contributed by atoms with Gasteiger partial charge >= 0.3 is 5.97 Å². The number of rotatable bonds is 6. The van der Waals surface area contributed by atoms with E-state index in [1.165, 1.54) is 5.57 Å². The number of allylic oxidation sites excluding steroid dienone is 1. The van der Waals surface area contributed by atoms with Crippen LogP contribution in [0.5, 0.6) is 0 Å². The van der Waals surface area contributed by atoms with Crippen molar-refractivity contribution in [2.24, 2.45) is 11.3 Å². The lowest BCUT2D eigenvalue weighted by Gasteiger charge is -2.34. The lowest BCUT2D eigenvalue weighted by Crippen LogP contribution is -2.37. The van der Waals surface area contributed by atoms with Crippen LogP contribution in [0.1, 0.15) is 42.5 Å². The van der Waals surface area contributed by atoms with Crippen molar-refractivity contribution in [1.82, 2.24) is 0 Å². The summed E-state index contributed by atoms with van der Waals surface area (Å²) in [6.07, 6.45) is 7.04. The maximum Gasteiger partial charge on any atom is 0.338 e. The number of esters is 1. The van der Waals surface area contributed by atoms with Crippen LogP contribution in [0.2, 0.25) is 0 Å². The van der Waals surface area contributed by atoms with Crippen LogP contribution in [0.4, 0.5) is 0 Å². The van der Waals surface area contributed by atoms with Crippen molar-refractivity contribution in [2.45, 2.75) is 50.6 Å². The molecule has 5 heteroatoms. The van der Waals surface area contributed by atoms with E-state index in [1.54, 1.807) is 26.4 Å². The van der Waals surface area contributed by atoms with E-state index >= 15 is 0 Å². The van der Waals surface area contributed by atoms with E-state index in [1.807, 2.05) is 18.2 Å². The van der Waals surface area contributed by atoms with E-state index < -0.39 is 0 Å². The first kappa shape index (κ1) is 18.7. The second kappa shape index (κ2) is 7.74. The van der Waals surface area contributed by atoms with Gasteiger partial charge in [-0.1, -0.05) is 24.3 Å². The van der Waals surface area contributed by atoms with Crippen molar-refractivity contribution in [3.05, 3.63) is 47.5 Å². The molecule has 2 aliphatic carbocycles. The molecule has 2 fully saturated rings. The van der Waals surface area contributed by atoms with Gasteiger partial charge in [0.2, 0.25) is 0 Å². The molecule has 1 aromatic carbocycles. The number of methoxy groups -OCH3 is 2. The molecule has 0 N–H and O–H groups in total. The molecule has 3 aliphatic rings. The Morgan fingerprint density at radius 2 is 2.00 bits per heavy atom. The number of hydrogen-bond acceptors (Lipinski definition) is 5. The van der Waals surface area contributed by atoms with Crippen LogP contribution in [-0.2, 0) is 18.9 Å². The topological polar surface area (TPSA) is 54.0 Å². The van der Waals surface area contributed by atoms with Gasteiger partial charge in [-0.2, -0.15) is 0 Å². The van der Waals surface area contributed by atoms with Crippen LogP contribution in [0.15, 0.2) is 42.0 Å². The summed E-state index contributed by atoms with van der Waals surface area (Å²) in [6.45, 7) is 0.351. The molecule has 0 unspecified atom stereocenters. The van der Waals surface area contributed by atoms with Crippen LogP contribution in [0.25, 0.3) is 0 Å². The first-order chi connectivity index (χ1) is 13.2. The van der Waals surface area contributed by atoms with Gasteiger partial charge in [-0.15, -0.1) is 0 Å². The highest BCUT2D eigenvalue weighted by atomic mass is 16.7. The molecular formula is C22H28O5. The fourth-order valence-corrected chi connectivity index (χ4v) is 5.19. The molecule has 0 radical (unpaired) electrons. The number of benzene rings is 1. The molecule has 1 aromatic rings. The molecular weight excluding hydrogens is 344 g/mol. The molecule has 1 heterocycles. The maximum absolute atomic E-state index is 12.3. The molecule has 146 valence electrons. The van der Waals surface area contributed by atoms with Crippen LogP contribution in [0.3, 0.4) is 0 Å². The van der Waals surface area contributed by atoms with Gasteiger partial charge in [-0.25, -0.2) is 4.79 Å². The summed E-state index contributed by atoms with van der Waals surface area (Å²) in [7, 11) is 3.50. The van der Waals surface area contributed by atoms with Gasteiger partial charge < -0.3 is 18.9 Å². The molecule has 1 saturated carbocycles. The van der Waals surface area contributed by atoms with Crippen LogP contribution < -0.4 is 0 Å². The third kappa shape index (κ3) is 3.22. The smallest absolute Gasteiger partial charge is 0.338 e. The summed E-state index contributed by atoms with van der Waals surface area (Å²) >= 11 is 0. The highest BCUT2D eigenvalue weighted by Crippen LogP contribution is 2.57. The predicted molar refractivity (Wildman–Crippen MR) is 100 cm³/mol. The van der Waals surface area contributed by atoms with Crippen molar-refractivity contribution >= 4 is 5.97 Å². The molecule has 4 rings (SSSR count). The third-order valence-corrected chi connectivity index (χ3v) is 6.52. The summed E-state index contributed by atoms with van der Waals surface area (Å²) in [5.41, 5.74) is 1.68. The lowest BCUT2D eigenvalue weighted by molar-refractivity contribution is -0.187. The van der Waals surface area contributed by atoms with Crippen molar-refractivity contribution in [2.75, 3.05) is 20.8 Å². The molecule has 27 heavy (non-hydrogen) atoms. The second-order valence-corrected chi connectivity index (χ2v) is 7.75. The Bertz CT molecular complexity index is 700. The number of carbonyl (C=O) groups is 1. The van der Waals surface area contributed by atoms with Gasteiger partial charge in [0.25, 0.3) is 0 Å². The van der Waals surface area contributed by atoms with E-state index in [0.29, 0.717) is 24.5 Å². The highest BCUT2D eigenvalue weighted by Gasteiger charge is 2.58. The molecule has 5 atom stereocenters. The van der Waals surface area contributed by atoms with Crippen molar-refractivity contribution < 1.29 is 23.7 Å². The number of hydrogen-bond donors (Lipinski definition) is 0. The second-order valence-electron chi connectivity index (χ2n) is 7.75. The Balaban J connectivity index is 1.52. The number of carbonyl (C=O) groups excluding carboxylic acids is 1. The van der Waals surface area contributed by atoms with Gasteiger partial charge in [0.1, 0.15) is 0 Å². The summed E-state index contributed by atoms with van der Waals surface area (Å²) in [6, 6.07) is 9.12. The Morgan fingerprint density at radius 1 is 1.19 bits per heavy atom. The Morgan fingerprint density at radius 3 is 2.74 bits per heavy atom. The maximum atomic E-state index is 12.3. The van der Waals surface area contributed by atoms with E-state index in [9.17, 15) is 4.79 Å². The average molecular weight is 372 g/mol. The minimum absolute atomic E-state index is 0.0565. The van der Waals surface area contributed by atoms with Gasteiger partial charge in [0.15, 0.2) is 6.29 Å². The van der Waals surface area contributed by atoms with Crippen molar-refractivity contribution in [1.29, 1.82) is 0 Å². The highest BCUT2D eigenvalue weighted by molar-refractivity contribution is 5.89. The van der Waals surface area contributed by atoms with Crippen LogP contribution in [-0.4, -0.2) is 45.3 Å². The molecule has 1 aliphatic heterocycles. The van der Waals surface area contributed by atoms with Crippen molar-refractivity contribution in [3.8, 4) is 0 Å². The Labute approximate surface area is 160 Å². The average Bonchev–Trinajstić information content (AvgIpc) is 3.00. The molecule has 0 aromatic heterocycles. The summed E-state index contributed by atoms with van der Waals surface area (Å²) < 4.78 is 23.5. The number of ether oxygens (including phenoxy) is 4. The molecule has 1 saturated heterocycles. The van der Waals surface area contributed by atoms with E-state index in [-0.39, 0.29) is 29.9 Å². The Hall–Kier alpha value is -1.69.